The summed E-state index contributed by atoms with van der Waals surface area (Å²) in [6.07, 6.45) is 1.31. The van der Waals surface area contributed by atoms with E-state index in [1.54, 1.807) is 0 Å². The van der Waals surface area contributed by atoms with Gasteiger partial charge < -0.3 is 9.84 Å². The number of halogens is 1. The minimum Gasteiger partial charge on any atom is -0.497 e. The van der Waals surface area contributed by atoms with Crippen molar-refractivity contribution >= 4 is 15.9 Å². The molecule has 0 aromatic rings. The summed E-state index contributed by atoms with van der Waals surface area (Å²) in [6.45, 7) is 2.62. The molecule has 0 spiro atoms. The van der Waals surface area contributed by atoms with Crippen molar-refractivity contribution in [2.45, 2.75) is 25.9 Å². The van der Waals surface area contributed by atoms with Crippen LogP contribution in [-0.2, 0) is 4.74 Å². The van der Waals surface area contributed by atoms with Gasteiger partial charge in [-0.05, 0) is 29.3 Å². The van der Waals surface area contributed by atoms with Crippen molar-refractivity contribution in [3.05, 3.63) is 10.2 Å². The van der Waals surface area contributed by atoms with Crippen molar-refractivity contribution in [1.82, 2.24) is 0 Å². The summed E-state index contributed by atoms with van der Waals surface area (Å²) in [5, 5.41) is 9.21. The van der Waals surface area contributed by atoms with E-state index in [2.05, 4.69) is 15.9 Å². The molecule has 1 atom stereocenters. The van der Waals surface area contributed by atoms with E-state index in [0.717, 1.165) is 23.1 Å². The first-order chi connectivity index (χ1) is 4.75. The van der Waals surface area contributed by atoms with Gasteiger partial charge in [-0.1, -0.05) is 0 Å². The number of hydrogen-bond acceptors (Lipinski definition) is 2. The molecule has 0 fully saturated rings. The van der Waals surface area contributed by atoms with Gasteiger partial charge in [0.1, 0.15) is 5.76 Å². The number of rotatable bonds is 2. The molecule has 10 heavy (non-hydrogen) atoms. The molecule has 3 heteroatoms. The van der Waals surface area contributed by atoms with E-state index in [-0.39, 0.29) is 6.10 Å². The largest absolute Gasteiger partial charge is 0.497 e. The molecule has 1 aliphatic rings. The number of aliphatic hydroxyl groups excluding tert-OH is 1. The zero-order valence-electron chi connectivity index (χ0n) is 5.93. The van der Waals surface area contributed by atoms with Gasteiger partial charge in [0.05, 0.1) is 17.2 Å². The zero-order valence-corrected chi connectivity index (χ0v) is 7.52. The van der Waals surface area contributed by atoms with Crippen LogP contribution in [0.1, 0.15) is 19.8 Å². The highest BCUT2D eigenvalue weighted by Gasteiger charge is 2.22. The summed E-state index contributed by atoms with van der Waals surface area (Å²) < 4.78 is 6.09. The van der Waals surface area contributed by atoms with Crippen LogP contribution >= 0.6 is 15.9 Å². The van der Waals surface area contributed by atoms with Gasteiger partial charge in [0.2, 0.25) is 0 Å². The first kappa shape index (κ1) is 8.08. The minimum atomic E-state index is -0.332. The molecule has 0 heterocycles. The lowest BCUT2D eigenvalue weighted by atomic mass is 10.3. The standard InChI is InChI=1S/C7H11BrO2/c1-2-10-6-4-3-5(9)7(6)8/h5,9H,2-4H2,1H3. The summed E-state index contributed by atoms with van der Waals surface area (Å²) in [5.74, 6) is 0.912. The molecule has 0 aliphatic heterocycles. The van der Waals surface area contributed by atoms with E-state index in [9.17, 15) is 5.11 Å². The maximum atomic E-state index is 9.21. The van der Waals surface area contributed by atoms with Crippen LogP contribution in [0.3, 0.4) is 0 Å². The highest BCUT2D eigenvalue weighted by Crippen LogP contribution is 2.31. The molecule has 1 rings (SSSR count). The quantitative estimate of drug-likeness (QED) is 0.747. The molecule has 1 unspecified atom stereocenters. The smallest absolute Gasteiger partial charge is 0.109 e. The van der Waals surface area contributed by atoms with Crippen molar-refractivity contribution in [2.75, 3.05) is 6.61 Å². The Bertz CT molecular complexity index is 154. The number of aliphatic hydroxyl groups is 1. The third-order valence-corrected chi connectivity index (χ3v) is 2.49. The topological polar surface area (TPSA) is 29.5 Å². The minimum absolute atomic E-state index is 0.332. The second-order valence-electron chi connectivity index (χ2n) is 2.26. The maximum absolute atomic E-state index is 9.21. The Balaban J connectivity index is 2.56. The van der Waals surface area contributed by atoms with Crippen molar-refractivity contribution in [1.29, 1.82) is 0 Å². The molecule has 2 nitrogen and oxygen atoms in total. The van der Waals surface area contributed by atoms with Crippen molar-refractivity contribution in [3.8, 4) is 0 Å². The monoisotopic (exact) mass is 206 g/mol. The second kappa shape index (κ2) is 3.39. The molecule has 58 valence electrons. The molecule has 1 aliphatic carbocycles. The second-order valence-corrected chi connectivity index (χ2v) is 3.11. The van der Waals surface area contributed by atoms with E-state index in [4.69, 9.17) is 4.74 Å². The van der Waals surface area contributed by atoms with Crippen LogP contribution in [0.4, 0.5) is 0 Å². The molecule has 0 saturated carbocycles. The van der Waals surface area contributed by atoms with Crippen LogP contribution < -0.4 is 0 Å². The summed E-state index contributed by atoms with van der Waals surface area (Å²) in [7, 11) is 0. The van der Waals surface area contributed by atoms with Gasteiger partial charge in [0, 0.05) is 6.42 Å². The third kappa shape index (κ3) is 1.52. The van der Waals surface area contributed by atoms with Crippen molar-refractivity contribution in [3.63, 3.8) is 0 Å². The summed E-state index contributed by atoms with van der Waals surface area (Å²) >= 11 is 3.28. The van der Waals surface area contributed by atoms with Gasteiger partial charge in [-0.3, -0.25) is 0 Å². The fourth-order valence-corrected chi connectivity index (χ4v) is 1.56. The first-order valence-corrected chi connectivity index (χ1v) is 4.24. The number of hydrogen-bond donors (Lipinski definition) is 1. The average molecular weight is 207 g/mol. The lowest BCUT2D eigenvalue weighted by molar-refractivity contribution is 0.218. The average Bonchev–Trinajstić information content (AvgIpc) is 2.20. The van der Waals surface area contributed by atoms with Crippen LogP contribution in [-0.4, -0.2) is 17.8 Å². The predicted octanol–water partition coefficient (Wildman–Crippen LogP) is 1.78. The van der Waals surface area contributed by atoms with Crippen molar-refractivity contribution < 1.29 is 9.84 Å². The summed E-state index contributed by atoms with van der Waals surface area (Å²) in [5.41, 5.74) is 0. The van der Waals surface area contributed by atoms with Gasteiger partial charge >= 0.3 is 0 Å². The van der Waals surface area contributed by atoms with Gasteiger partial charge in [-0.25, -0.2) is 0 Å². The highest BCUT2D eigenvalue weighted by molar-refractivity contribution is 9.11. The molecule has 0 bridgehead atoms. The fraction of sp³-hybridized carbons (Fsp3) is 0.714. The van der Waals surface area contributed by atoms with E-state index in [1.165, 1.54) is 0 Å². The van der Waals surface area contributed by atoms with Crippen LogP contribution in [0.25, 0.3) is 0 Å². The molecule has 1 N–H and O–H groups in total. The number of ether oxygens (including phenoxy) is 1. The van der Waals surface area contributed by atoms with Crippen LogP contribution in [0.2, 0.25) is 0 Å². The van der Waals surface area contributed by atoms with Crippen LogP contribution in [0.15, 0.2) is 10.2 Å². The van der Waals surface area contributed by atoms with Gasteiger partial charge in [-0.2, -0.15) is 0 Å². The maximum Gasteiger partial charge on any atom is 0.109 e. The third-order valence-electron chi connectivity index (χ3n) is 1.52. The molecular formula is C7H11BrO2. The Hall–Kier alpha value is -0.0200. The van der Waals surface area contributed by atoms with E-state index in [1.807, 2.05) is 6.92 Å². The van der Waals surface area contributed by atoms with E-state index >= 15 is 0 Å². The Morgan fingerprint density at radius 2 is 2.50 bits per heavy atom. The summed E-state index contributed by atoms with van der Waals surface area (Å²) in [4.78, 5) is 0. The van der Waals surface area contributed by atoms with Gasteiger partial charge in [0.25, 0.3) is 0 Å². The Kier molecular flexibility index (Phi) is 2.74. The van der Waals surface area contributed by atoms with E-state index in [0.29, 0.717) is 6.61 Å². The lowest BCUT2D eigenvalue weighted by Crippen LogP contribution is -1.99. The normalized spacial score (nSPS) is 25.7. The fourth-order valence-electron chi connectivity index (χ4n) is 1.02. The molecule has 0 aromatic carbocycles. The van der Waals surface area contributed by atoms with Gasteiger partial charge in [-0.15, -0.1) is 0 Å². The molecule has 0 aromatic heterocycles. The Labute approximate surface area is 69.0 Å². The van der Waals surface area contributed by atoms with Crippen molar-refractivity contribution in [2.24, 2.45) is 0 Å². The van der Waals surface area contributed by atoms with E-state index < -0.39 is 0 Å². The SMILES string of the molecule is CCOC1=C(Br)C(O)CC1. The van der Waals surface area contributed by atoms with Crippen LogP contribution in [0.5, 0.6) is 0 Å². The van der Waals surface area contributed by atoms with Crippen LogP contribution in [0, 0.1) is 0 Å². The first-order valence-electron chi connectivity index (χ1n) is 3.45. The molecule has 0 saturated heterocycles. The van der Waals surface area contributed by atoms with Gasteiger partial charge in [0.15, 0.2) is 0 Å². The highest BCUT2D eigenvalue weighted by atomic mass is 79.9. The number of allylic oxidation sites excluding steroid dienone is 1. The Morgan fingerprint density at radius 3 is 2.90 bits per heavy atom. The predicted molar refractivity (Wildman–Crippen MR) is 42.8 cm³/mol. The molecule has 0 amide bonds. The molecular weight excluding hydrogens is 196 g/mol. The zero-order chi connectivity index (χ0) is 7.56. The molecule has 0 radical (unpaired) electrons. The Morgan fingerprint density at radius 1 is 1.80 bits per heavy atom. The summed E-state index contributed by atoms with van der Waals surface area (Å²) in [6, 6.07) is 0. The lowest BCUT2D eigenvalue weighted by Gasteiger charge is -2.03.